The highest BCUT2D eigenvalue weighted by Crippen LogP contribution is 2.34. The number of nitrogens with one attached hydrogen (secondary N) is 1. The minimum absolute atomic E-state index is 0.0532. The van der Waals surface area contributed by atoms with E-state index in [1.807, 2.05) is 4.90 Å². The van der Waals surface area contributed by atoms with Crippen molar-refractivity contribution in [3.63, 3.8) is 0 Å². The molecule has 3 amide bonds. The summed E-state index contributed by atoms with van der Waals surface area (Å²) in [5.41, 5.74) is 1.21. The molecule has 0 aliphatic carbocycles. The summed E-state index contributed by atoms with van der Waals surface area (Å²) < 4.78 is 0. The van der Waals surface area contributed by atoms with Gasteiger partial charge in [-0.05, 0) is 56.5 Å². The number of imide groups is 1. The summed E-state index contributed by atoms with van der Waals surface area (Å²) in [4.78, 5) is 41.4. The van der Waals surface area contributed by atoms with E-state index >= 15 is 0 Å². The van der Waals surface area contributed by atoms with Crippen molar-refractivity contribution in [3.8, 4) is 0 Å². The summed E-state index contributed by atoms with van der Waals surface area (Å²) in [7, 11) is 0. The quantitative estimate of drug-likeness (QED) is 0.669. The molecule has 0 radical (unpaired) electrons. The predicted octanol–water partition coefficient (Wildman–Crippen LogP) is 4.79. The highest BCUT2D eigenvalue weighted by atomic mass is 35.5. The summed E-state index contributed by atoms with van der Waals surface area (Å²) >= 11 is 12.4. The zero-order valence-electron chi connectivity index (χ0n) is 16.9. The topological polar surface area (TPSA) is 69.7 Å². The molecule has 2 aliphatic rings. The van der Waals surface area contributed by atoms with Crippen LogP contribution >= 0.6 is 23.2 Å². The van der Waals surface area contributed by atoms with Crippen molar-refractivity contribution in [2.24, 2.45) is 0 Å². The Bertz CT molecular complexity index is 1100. The molecule has 2 aromatic carbocycles. The summed E-state index contributed by atoms with van der Waals surface area (Å²) in [6.07, 6.45) is 3.10. The van der Waals surface area contributed by atoms with E-state index in [0.717, 1.165) is 30.7 Å². The number of carbonyl (C=O) groups excluding carboxylic acids is 3. The van der Waals surface area contributed by atoms with Crippen LogP contribution in [0.15, 0.2) is 59.3 Å². The number of carbonyl (C=O) groups is 3. The maximum atomic E-state index is 13.0. The number of para-hydroxylation sites is 1. The minimum Gasteiger partial charge on any atom is -0.350 e. The lowest BCUT2D eigenvalue weighted by molar-refractivity contribution is -0.120. The van der Waals surface area contributed by atoms with Gasteiger partial charge in [0.2, 0.25) is 0 Å². The predicted molar refractivity (Wildman–Crippen MR) is 121 cm³/mol. The molecule has 2 heterocycles. The second-order valence-corrected chi connectivity index (χ2v) is 8.42. The third-order valence-electron chi connectivity index (χ3n) is 5.56. The zero-order valence-corrected chi connectivity index (χ0v) is 18.4. The van der Waals surface area contributed by atoms with Crippen molar-refractivity contribution in [3.05, 3.63) is 69.8 Å². The second-order valence-electron chi connectivity index (χ2n) is 7.64. The molecule has 2 aliphatic heterocycles. The van der Waals surface area contributed by atoms with Gasteiger partial charge in [-0.25, -0.2) is 4.90 Å². The van der Waals surface area contributed by atoms with Crippen LogP contribution in [0.25, 0.3) is 0 Å². The fraction of sp³-hybridized carbons (Fsp3) is 0.261. The molecule has 1 unspecified atom stereocenters. The first-order valence-corrected chi connectivity index (χ1v) is 10.8. The van der Waals surface area contributed by atoms with Crippen LogP contribution in [0.4, 0.5) is 11.4 Å². The van der Waals surface area contributed by atoms with Crippen molar-refractivity contribution in [1.82, 2.24) is 4.90 Å². The van der Waals surface area contributed by atoms with Crippen LogP contribution < -0.4 is 10.2 Å². The monoisotopic (exact) mass is 457 g/mol. The summed E-state index contributed by atoms with van der Waals surface area (Å²) in [6.45, 7) is 2.78. The third-order valence-corrected chi connectivity index (χ3v) is 6.23. The molecule has 0 saturated carbocycles. The summed E-state index contributed by atoms with van der Waals surface area (Å²) in [6, 6.07) is 13.6. The maximum Gasteiger partial charge on any atom is 0.283 e. The van der Waals surface area contributed by atoms with Gasteiger partial charge in [0, 0.05) is 23.8 Å². The minimum atomic E-state index is -0.656. The maximum absolute atomic E-state index is 13.0. The Labute approximate surface area is 190 Å². The van der Waals surface area contributed by atoms with E-state index in [1.165, 1.54) is 0 Å². The van der Waals surface area contributed by atoms with Crippen LogP contribution in [0.2, 0.25) is 5.02 Å². The average Bonchev–Trinajstić information content (AvgIpc) is 2.97. The number of likely N-dealkylation sites (tertiary alicyclic amines) is 1. The normalized spacial score (nSPS) is 19.3. The molecule has 160 valence electrons. The Hall–Kier alpha value is -2.83. The van der Waals surface area contributed by atoms with E-state index in [0.29, 0.717) is 11.3 Å². The zero-order chi connectivity index (χ0) is 22.1. The molecule has 0 aromatic heterocycles. The van der Waals surface area contributed by atoms with Crippen LogP contribution in [-0.2, 0) is 9.59 Å². The lowest BCUT2D eigenvalue weighted by Crippen LogP contribution is -2.42. The number of hydrogen-bond donors (Lipinski definition) is 1. The van der Waals surface area contributed by atoms with Gasteiger partial charge in [0.05, 0.1) is 10.7 Å². The molecule has 1 fully saturated rings. The van der Waals surface area contributed by atoms with Crippen LogP contribution in [0, 0.1) is 0 Å². The van der Waals surface area contributed by atoms with Gasteiger partial charge in [0.1, 0.15) is 10.7 Å². The van der Waals surface area contributed by atoms with Gasteiger partial charge in [-0.1, -0.05) is 41.4 Å². The lowest BCUT2D eigenvalue weighted by Gasteiger charge is -2.33. The van der Waals surface area contributed by atoms with Gasteiger partial charge in [0.15, 0.2) is 0 Å². The first kappa shape index (κ1) is 21.4. The molecule has 8 heteroatoms. The SMILES string of the molecule is CC1CCCCN1C(=O)c1cccc(NC2=C(Cl)C(=O)N(c3ccccc3Cl)C2=O)c1. The number of hydrogen-bond acceptors (Lipinski definition) is 4. The van der Waals surface area contributed by atoms with Gasteiger partial charge in [-0.3, -0.25) is 14.4 Å². The van der Waals surface area contributed by atoms with Gasteiger partial charge in [-0.15, -0.1) is 0 Å². The number of anilines is 2. The summed E-state index contributed by atoms with van der Waals surface area (Å²) in [5.74, 6) is -1.32. The van der Waals surface area contributed by atoms with E-state index in [9.17, 15) is 14.4 Å². The number of halogens is 2. The number of amides is 3. The molecule has 31 heavy (non-hydrogen) atoms. The Morgan fingerprint density at radius 2 is 1.81 bits per heavy atom. The van der Waals surface area contributed by atoms with Crippen LogP contribution in [-0.4, -0.2) is 35.2 Å². The lowest BCUT2D eigenvalue weighted by atomic mass is 10.0. The van der Waals surface area contributed by atoms with E-state index in [2.05, 4.69) is 12.2 Å². The molecule has 6 nitrogen and oxygen atoms in total. The fourth-order valence-corrected chi connectivity index (χ4v) is 4.34. The van der Waals surface area contributed by atoms with Crippen LogP contribution in [0.5, 0.6) is 0 Å². The van der Waals surface area contributed by atoms with Crippen LogP contribution in [0.1, 0.15) is 36.5 Å². The molecular formula is C23H21Cl2N3O3. The smallest absolute Gasteiger partial charge is 0.283 e. The Morgan fingerprint density at radius 3 is 2.55 bits per heavy atom. The van der Waals surface area contributed by atoms with Crippen molar-refractivity contribution >= 4 is 52.3 Å². The van der Waals surface area contributed by atoms with Crippen molar-refractivity contribution in [2.45, 2.75) is 32.2 Å². The molecule has 4 rings (SSSR count). The van der Waals surface area contributed by atoms with Gasteiger partial charge < -0.3 is 10.2 Å². The highest BCUT2D eigenvalue weighted by molar-refractivity contribution is 6.53. The Morgan fingerprint density at radius 1 is 1.03 bits per heavy atom. The van der Waals surface area contributed by atoms with Crippen molar-refractivity contribution in [1.29, 1.82) is 0 Å². The molecule has 0 bridgehead atoms. The van der Waals surface area contributed by atoms with E-state index in [4.69, 9.17) is 23.2 Å². The first-order chi connectivity index (χ1) is 14.9. The van der Waals surface area contributed by atoms with E-state index in [-0.39, 0.29) is 33.4 Å². The van der Waals surface area contributed by atoms with Gasteiger partial charge >= 0.3 is 0 Å². The molecule has 1 N–H and O–H groups in total. The second kappa shape index (κ2) is 8.73. The van der Waals surface area contributed by atoms with Crippen molar-refractivity contribution in [2.75, 3.05) is 16.8 Å². The van der Waals surface area contributed by atoms with Gasteiger partial charge in [-0.2, -0.15) is 0 Å². The Kier molecular flexibility index (Phi) is 6.03. The molecule has 1 saturated heterocycles. The highest BCUT2D eigenvalue weighted by Gasteiger charge is 2.39. The molecule has 2 aromatic rings. The number of benzene rings is 2. The third kappa shape index (κ3) is 4.05. The molecular weight excluding hydrogens is 437 g/mol. The van der Waals surface area contributed by atoms with Crippen molar-refractivity contribution < 1.29 is 14.4 Å². The average molecular weight is 458 g/mol. The van der Waals surface area contributed by atoms with Gasteiger partial charge in [0.25, 0.3) is 17.7 Å². The van der Waals surface area contributed by atoms with Crippen LogP contribution in [0.3, 0.4) is 0 Å². The first-order valence-electron chi connectivity index (χ1n) is 10.1. The summed E-state index contributed by atoms with van der Waals surface area (Å²) in [5, 5.41) is 2.95. The number of rotatable bonds is 4. The standard InChI is InChI=1S/C23H21Cl2N3O3/c1-14-7-4-5-12-27(14)21(29)15-8-6-9-16(13-15)26-20-19(25)22(30)28(23(20)31)18-11-3-2-10-17(18)24/h2-3,6,8-11,13-14,26H,4-5,7,12H2,1H3. The van der Waals surface area contributed by atoms with E-state index < -0.39 is 11.8 Å². The molecule has 1 atom stereocenters. The largest absolute Gasteiger partial charge is 0.350 e. The number of nitrogens with zero attached hydrogens (tertiary/aromatic N) is 2. The number of piperidine rings is 1. The molecule has 0 spiro atoms. The Balaban J connectivity index is 1.57. The fourth-order valence-electron chi connectivity index (χ4n) is 3.90. The van der Waals surface area contributed by atoms with E-state index in [1.54, 1.807) is 48.5 Å².